The summed E-state index contributed by atoms with van der Waals surface area (Å²) in [7, 11) is 0. The second kappa shape index (κ2) is 5.81. The van der Waals surface area contributed by atoms with E-state index in [-0.39, 0.29) is 0 Å². The van der Waals surface area contributed by atoms with Gasteiger partial charge in [-0.1, -0.05) is 25.4 Å². The van der Waals surface area contributed by atoms with Crippen LogP contribution in [-0.4, -0.2) is 31.3 Å². The van der Waals surface area contributed by atoms with Crippen LogP contribution < -0.4 is 0 Å². The predicted octanol–water partition coefficient (Wildman–Crippen LogP) is 2.90. The van der Waals surface area contributed by atoms with Gasteiger partial charge in [0.15, 0.2) is 11.4 Å². The fraction of sp³-hybridized carbons (Fsp3) is 0.429. The number of nitrogens with zero attached hydrogens (tertiary/aromatic N) is 4. The van der Waals surface area contributed by atoms with Crippen molar-refractivity contribution in [3.05, 3.63) is 28.8 Å². The van der Waals surface area contributed by atoms with Crippen molar-refractivity contribution < 1.29 is 9.90 Å². The maximum absolute atomic E-state index is 11.8. The third kappa shape index (κ3) is 2.63. The number of carboxylic acid groups (broad SMARTS) is 1. The first-order chi connectivity index (χ1) is 9.94. The van der Waals surface area contributed by atoms with Gasteiger partial charge >= 0.3 is 5.97 Å². The van der Waals surface area contributed by atoms with E-state index >= 15 is 0 Å². The molecule has 0 radical (unpaired) electrons. The molecule has 0 fully saturated rings. The highest BCUT2D eigenvalue weighted by atomic mass is 35.5. The summed E-state index contributed by atoms with van der Waals surface area (Å²) >= 11 is 6.07. The molecule has 1 aromatic carbocycles. The van der Waals surface area contributed by atoms with Gasteiger partial charge in [-0.3, -0.25) is 0 Å². The zero-order chi connectivity index (χ0) is 15.6. The number of hydrogen-bond acceptors (Lipinski definition) is 4. The first-order valence-corrected chi connectivity index (χ1v) is 7.12. The Kier molecular flexibility index (Phi) is 4.27. The van der Waals surface area contributed by atoms with Crippen molar-refractivity contribution in [1.82, 2.24) is 20.2 Å². The second-order valence-corrected chi connectivity index (χ2v) is 5.41. The monoisotopic (exact) mass is 308 g/mol. The molecule has 6 nitrogen and oxygen atoms in total. The Hall–Kier alpha value is -1.95. The van der Waals surface area contributed by atoms with Crippen LogP contribution in [0.3, 0.4) is 0 Å². The van der Waals surface area contributed by atoms with Crippen LogP contribution in [0.2, 0.25) is 5.02 Å². The first kappa shape index (κ1) is 15.4. The second-order valence-electron chi connectivity index (χ2n) is 4.98. The first-order valence-electron chi connectivity index (χ1n) is 6.74. The van der Waals surface area contributed by atoms with E-state index in [1.165, 1.54) is 4.68 Å². The zero-order valence-corrected chi connectivity index (χ0v) is 12.9. The summed E-state index contributed by atoms with van der Waals surface area (Å²) in [5.41, 5.74) is 0.508. The molecule has 7 heteroatoms. The average Bonchev–Trinajstić information content (AvgIpc) is 2.89. The maximum Gasteiger partial charge on any atom is 0.331 e. The SMILES string of the molecule is CCC(CC)(C(=O)O)n1nnnc1-c1cc(C)cc(Cl)c1. The van der Waals surface area contributed by atoms with E-state index in [2.05, 4.69) is 15.5 Å². The van der Waals surface area contributed by atoms with Crippen LogP contribution in [0.25, 0.3) is 11.4 Å². The summed E-state index contributed by atoms with van der Waals surface area (Å²) < 4.78 is 1.39. The maximum atomic E-state index is 11.8. The molecule has 1 aromatic heterocycles. The molecule has 0 saturated carbocycles. The summed E-state index contributed by atoms with van der Waals surface area (Å²) in [6.07, 6.45) is 0.771. The standard InChI is InChI=1S/C14H17ClN4O2/c1-4-14(5-2,13(20)21)19-12(16-17-18-19)10-6-9(3)7-11(15)8-10/h6-8H,4-5H2,1-3H3,(H,20,21). The number of rotatable bonds is 5. The van der Waals surface area contributed by atoms with Crippen molar-refractivity contribution in [2.45, 2.75) is 39.2 Å². The summed E-state index contributed by atoms with van der Waals surface area (Å²) in [6, 6.07) is 5.43. The van der Waals surface area contributed by atoms with Crippen LogP contribution in [0.1, 0.15) is 32.3 Å². The van der Waals surface area contributed by atoms with Crippen molar-refractivity contribution in [2.24, 2.45) is 0 Å². The summed E-state index contributed by atoms with van der Waals surface area (Å²) in [5.74, 6) is -0.536. The van der Waals surface area contributed by atoms with Crippen molar-refractivity contribution in [3.63, 3.8) is 0 Å². The topological polar surface area (TPSA) is 80.9 Å². The number of tetrazole rings is 1. The molecule has 0 spiro atoms. The molecule has 112 valence electrons. The van der Waals surface area contributed by atoms with Crippen molar-refractivity contribution >= 4 is 17.6 Å². The number of hydrogen-bond donors (Lipinski definition) is 1. The third-order valence-electron chi connectivity index (χ3n) is 3.74. The highest BCUT2D eigenvalue weighted by Gasteiger charge is 2.40. The fourth-order valence-electron chi connectivity index (χ4n) is 2.46. The van der Waals surface area contributed by atoms with E-state index in [1.54, 1.807) is 6.07 Å². The van der Waals surface area contributed by atoms with Crippen molar-refractivity contribution in [1.29, 1.82) is 0 Å². The van der Waals surface area contributed by atoms with Gasteiger partial charge in [-0.25, -0.2) is 9.48 Å². The lowest BCUT2D eigenvalue weighted by molar-refractivity contribution is -0.148. The Balaban J connectivity index is 2.64. The number of aromatic nitrogens is 4. The van der Waals surface area contributed by atoms with E-state index < -0.39 is 11.5 Å². The quantitative estimate of drug-likeness (QED) is 0.918. The molecular weight excluding hydrogens is 292 g/mol. The number of carbonyl (C=O) groups is 1. The molecule has 2 rings (SSSR count). The molecule has 0 aliphatic heterocycles. The Morgan fingerprint density at radius 2 is 2.00 bits per heavy atom. The van der Waals surface area contributed by atoms with E-state index in [0.717, 1.165) is 5.56 Å². The highest BCUT2D eigenvalue weighted by molar-refractivity contribution is 6.30. The van der Waals surface area contributed by atoms with E-state index in [9.17, 15) is 9.90 Å². The van der Waals surface area contributed by atoms with Gasteiger partial charge < -0.3 is 5.11 Å². The molecule has 1 heterocycles. The van der Waals surface area contributed by atoms with Crippen LogP contribution in [0.5, 0.6) is 0 Å². The molecule has 0 aliphatic carbocycles. The molecule has 2 aromatic rings. The van der Waals surface area contributed by atoms with Crippen LogP contribution in [0, 0.1) is 6.92 Å². The lowest BCUT2D eigenvalue weighted by Gasteiger charge is -2.27. The molecule has 0 amide bonds. The van der Waals surface area contributed by atoms with Gasteiger partial charge in [0.2, 0.25) is 0 Å². The summed E-state index contributed by atoms with van der Waals surface area (Å²) in [5, 5.41) is 21.8. The van der Waals surface area contributed by atoms with Gasteiger partial charge in [0.25, 0.3) is 0 Å². The van der Waals surface area contributed by atoms with Crippen LogP contribution >= 0.6 is 11.6 Å². The van der Waals surface area contributed by atoms with Gasteiger partial charge in [0.05, 0.1) is 0 Å². The number of benzene rings is 1. The molecule has 0 saturated heterocycles. The molecule has 0 atom stereocenters. The van der Waals surface area contributed by atoms with Crippen LogP contribution in [0.15, 0.2) is 18.2 Å². The number of aryl methyl sites for hydroxylation is 1. The van der Waals surface area contributed by atoms with Crippen LogP contribution in [-0.2, 0) is 10.3 Å². The van der Waals surface area contributed by atoms with Gasteiger partial charge in [-0.15, -0.1) is 5.10 Å². The van der Waals surface area contributed by atoms with Crippen LogP contribution in [0.4, 0.5) is 0 Å². The van der Waals surface area contributed by atoms with E-state index in [0.29, 0.717) is 29.3 Å². The lowest BCUT2D eigenvalue weighted by atomic mass is 9.92. The molecule has 21 heavy (non-hydrogen) atoms. The number of aliphatic carboxylic acids is 1. The minimum absolute atomic E-state index is 0.385. The predicted molar refractivity (Wildman–Crippen MR) is 79.2 cm³/mol. The lowest BCUT2D eigenvalue weighted by Crippen LogP contribution is -2.42. The Labute approximate surface area is 127 Å². The van der Waals surface area contributed by atoms with Gasteiger partial charge in [-0.05, 0) is 54.0 Å². The van der Waals surface area contributed by atoms with E-state index in [4.69, 9.17) is 11.6 Å². The number of halogens is 1. The average molecular weight is 309 g/mol. The van der Waals surface area contributed by atoms with E-state index in [1.807, 2.05) is 32.9 Å². The summed E-state index contributed by atoms with van der Waals surface area (Å²) in [6.45, 7) is 5.53. The Morgan fingerprint density at radius 1 is 1.33 bits per heavy atom. The largest absolute Gasteiger partial charge is 0.479 e. The van der Waals surface area contributed by atoms with Crippen molar-refractivity contribution in [3.8, 4) is 11.4 Å². The molecule has 1 N–H and O–H groups in total. The highest BCUT2D eigenvalue weighted by Crippen LogP contribution is 2.30. The number of carboxylic acids is 1. The third-order valence-corrected chi connectivity index (χ3v) is 3.96. The van der Waals surface area contributed by atoms with Gasteiger partial charge in [0, 0.05) is 10.6 Å². The van der Waals surface area contributed by atoms with Gasteiger partial charge in [0.1, 0.15) is 0 Å². The Morgan fingerprint density at radius 3 is 2.52 bits per heavy atom. The van der Waals surface area contributed by atoms with Crippen molar-refractivity contribution in [2.75, 3.05) is 0 Å². The minimum Gasteiger partial charge on any atom is -0.479 e. The minimum atomic E-state index is -1.16. The molecule has 0 aliphatic rings. The molecule has 0 unspecified atom stereocenters. The molecule has 0 bridgehead atoms. The normalized spacial score (nSPS) is 11.6. The van der Waals surface area contributed by atoms with Gasteiger partial charge in [-0.2, -0.15) is 0 Å². The Bertz CT molecular complexity index is 644. The smallest absolute Gasteiger partial charge is 0.331 e. The zero-order valence-electron chi connectivity index (χ0n) is 12.2. The molecular formula is C14H17ClN4O2. The fourth-order valence-corrected chi connectivity index (χ4v) is 2.75. The summed E-state index contributed by atoms with van der Waals surface area (Å²) in [4.78, 5) is 11.8.